The Balaban J connectivity index is 1.16. The number of hydrogen-bond donors (Lipinski definition) is 3. The number of carboxylic acids is 1. The molecule has 6 aromatic rings. The average Bonchev–Trinajstić information content (AvgIpc) is 3.67. The molecule has 0 aliphatic carbocycles. The molecule has 0 spiro atoms. The predicted octanol–water partition coefficient (Wildman–Crippen LogP) is 6.98. The van der Waals surface area contributed by atoms with E-state index in [-0.39, 0.29) is 25.2 Å². The molecular weight excluding hydrogens is 661 g/mol. The first-order valence-corrected chi connectivity index (χ1v) is 18.0. The van der Waals surface area contributed by atoms with Crippen molar-refractivity contribution in [3.63, 3.8) is 0 Å². The van der Waals surface area contributed by atoms with Crippen LogP contribution < -0.4 is 10.6 Å². The van der Waals surface area contributed by atoms with Crippen molar-refractivity contribution in [2.75, 3.05) is 0 Å². The molecule has 0 radical (unpaired) electrons. The van der Waals surface area contributed by atoms with Crippen LogP contribution in [-0.4, -0.2) is 44.5 Å². The lowest BCUT2D eigenvalue weighted by Gasteiger charge is -2.37. The molecular formula is C45H44N4O4. The zero-order valence-electron chi connectivity index (χ0n) is 29.6. The Morgan fingerprint density at radius 1 is 0.623 bits per heavy atom. The van der Waals surface area contributed by atoms with E-state index < -0.39 is 29.5 Å². The minimum atomic E-state index is -1.14. The van der Waals surface area contributed by atoms with Crippen LogP contribution in [0.5, 0.6) is 0 Å². The third-order valence-corrected chi connectivity index (χ3v) is 9.56. The molecule has 0 fully saturated rings. The number of carboxylic acid groups (broad SMARTS) is 1. The predicted molar refractivity (Wildman–Crippen MR) is 206 cm³/mol. The van der Waals surface area contributed by atoms with Gasteiger partial charge in [0.15, 0.2) is 0 Å². The van der Waals surface area contributed by atoms with E-state index in [0.717, 1.165) is 33.5 Å². The van der Waals surface area contributed by atoms with E-state index in [1.54, 1.807) is 0 Å². The second-order valence-corrected chi connectivity index (χ2v) is 13.2. The fourth-order valence-electron chi connectivity index (χ4n) is 6.91. The SMILES string of the molecule is O=C(CCc1ccccc1)N[C@H](Cc1ccccc1)C(=O)NC(CCCc1cn(C(c2ccccc2)(c2ccccc2)c2ccccc2)cn1)C(=O)O. The molecule has 2 amide bonds. The minimum absolute atomic E-state index is 0.190. The van der Waals surface area contributed by atoms with Gasteiger partial charge in [0, 0.05) is 19.0 Å². The van der Waals surface area contributed by atoms with Crippen LogP contribution in [0.25, 0.3) is 0 Å². The quantitative estimate of drug-likeness (QED) is 0.0888. The van der Waals surface area contributed by atoms with Crippen molar-refractivity contribution in [3.05, 3.63) is 198 Å². The molecule has 1 aromatic heterocycles. The summed E-state index contributed by atoms with van der Waals surface area (Å²) in [6.07, 6.45) is 6.01. The summed E-state index contributed by atoms with van der Waals surface area (Å²) in [4.78, 5) is 43.8. The molecule has 8 nitrogen and oxygen atoms in total. The van der Waals surface area contributed by atoms with Crippen LogP contribution in [-0.2, 0) is 39.2 Å². The number of nitrogens with zero attached hydrogens (tertiary/aromatic N) is 2. The van der Waals surface area contributed by atoms with Gasteiger partial charge in [-0.05, 0) is 53.5 Å². The lowest BCUT2D eigenvalue weighted by Crippen LogP contribution is -2.52. The van der Waals surface area contributed by atoms with Crippen LogP contribution in [0, 0.1) is 0 Å². The lowest BCUT2D eigenvalue weighted by atomic mass is 9.77. The number of carbonyl (C=O) groups excluding carboxylic acids is 2. The van der Waals surface area contributed by atoms with Crippen molar-refractivity contribution in [1.82, 2.24) is 20.2 Å². The van der Waals surface area contributed by atoms with Gasteiger partial charge < -0.3 is 20.3 Å². The van der Waals surface area contributed by atoms with E-state index >= 15 is 0 Å². The number of amides is 2. The second kappa shape index (κ2) is 17.8. The first-order valence-electron chi connectivity index (χ1n) is 18.0. The maximum Gasteiger partial charge on any atom is 0.326 e. The van der Waals surface area contributed by atoms with Crippen LogP contribution in [0.1, 0.15) is 52.8 Å². The fraction of sp³-hybridized carbons (Fsp3) is 0.200. The van der Waals surface area contributed by atoms with Crippen molar-refractivity contribution >= 4 is 17.8 Å². The van der Waals surface area contributed by atoms with Crippen molar-refractivity contribution in [2.45, 2.75) is 56.1 Å². The molecule has 0 aliphatic rings. The largest absolute Gasteiger partial charge is 0.480 e. The number of carbonyl (C=O) groups is 3. The third kappa shape index (κ3) is 9.15. The zero-order chi connectivity index (χ0) is 36.9. The highest BCUT2D eigenvalue weighted by Gasteiger charge is 2.38. The number of rotatable bonds is 17. The van der Waals surface area contributed by atoms with Crippen LogP contribution in [0.2, 0.25) is 0 Å². The highest BCUT2D eigenvalue weighted by Crippen LogP contribution is 2.40. The zero-order valence-corrected chi connectivity index (χ0v) is 29.6. The Morgan fingerprint density at radius 2 is 1.11 bits per heavy atom. The molecule has 1 heterocycles. The van der Waals surface area contributed by atoms with Gasteiger partial charge in [0.25, 0.3) is 0 Å². The molecule has 5 aromatic carbocycles. The first-order chi connectivity index (χ1) is 25.9. The van der Waals surface area contributed by atoms with Gasteiger partial charge in [-0.25, -0.2) is 9.78 Å². The molecule has 6 rings (SSSR count). The molecule has 53 heavy (non-hydrogen) atoms. The summed E-state index contributed by atoms with van der Waals surface area (Å²) in [7, 11) is 0. The van der Waals surface area contributed by atoms with Gasteiger partial charge in [-0.2, -0.15) is 0 Å². The third-order valence-electron chi connectivity index (χ3n) is 9.56. The number of aryl methyl sites for hydroxylation is 2. The Kier molecular flexibility index (Phi) is 12.2. The van der Waals surface area contributed by atoms with Gasteiger partial charge in [0.2, 0.25) is 11.8 Å². The number of nitrogens with one attached hydrogen (secondary N) is 2. The number of aromatic nitrogens is 2. The van der Waals surface area contributed by atoms with Gasteiger partial charge in [-0.3, -0.25) is 9.59 Å². The Bertz CT molecular complexity index is 1960. The normalized spacial score (nSPS) is 12.4. The number of imidazole rings is 1. The number of benzene rings is 5. The van der Waals surface area contributed by atoms with Crippen molar-refractivity contribution in [2.24, 2.45) is 0 Å². The molecule has 1 unspecified atom stereocenters. The van der Waals surface area contributed by atoms with Gasteiger partial charge in [0.05, 0.1) is 12.0 Å². The van der Waals surface area contributed by atoms with E-state index in [1.165, 1.54) is 0 Å². The molecule has 268 valence electrons. The molecule has 3 N–H and O–H groups in total. The molecule has 8 heteroatoms. The van der Waals surface area contributed by atoms with Crippen molar-refractivity contribution < 1.29 is 19.5 Å². The van der Waals surface area contributed by atoms with Gasteiger partial charge in [0.1, 0.15) is 17.6 Å². The van der Waals surface area contributed by atoms with E-state index in [9.17, 15) is 19.5 Å². The van der Waals surface area contributed by atoms with Crippen LogP contribution in [0.15, 0.2) is 164 Å². The van der Waals surface area contributed by atoms with Gasteiger partial charge >= 0.3 is 5.97 Å². The molecule has 0 aliphatic heterocycles. The van der Waals surface area contributed by atoms with E-state index in [1.807, 2.05) is 128 Å². The number of aliphatic carboxylic acids is 1. The van der Waals surface area contributed by atoms with Crippen LogP contribution in [0.3, 0.4) is 0 Å². The lowest BCUT2D eigenvalue weighted by molar-refractivity contribution is -0.142. The standard InChI is InChI=1S/C45H44N4O4/c50-42(30-29-34-17-6-1-7-18-34)47-41(31-35-19-8-2-9-20-35)43(51)48-40(44(52)53)28-16-27-39-32-49(33-46-39)45(36-21-10-3-11-22-36,37-23-12-4-13-24-37)38-25-14-5-15-26-38/h1-15,17-26,32-33,40-41H,16,27-31H2,(H,47,50)(H,48,51)(H,52,53)/t40?,41-/m1/s1. The topological polar surface area (TPSA) is 113 Å². The van der Waals surface area contributed by atoms with E-state index in [4.69, 9.17) is 4.98 Å². The smallest absolute Gasteiger partial charge is 0.326 e. The minimum Gasteiger partial charge on any atom is -0.480 e. The van der Waals surface area contributed by atoms with Gasteiger partial charge in [-0.1, -0.05) is 152 Å². The molecule has 0 saturated heterocycles. The second-order valence-electron chi connectivity index (χ2n) is 13.2. The summed E-state index contributed by atoms with van der Waals surface area (Å²) < 4.78 is 2.13. The maximum atomic E-state index is 13.6. The van der Waals surface area contributed by atoms with Crippen LogP contribution >= 0.6 is 0 Å². The summed E-state index contributed by atoms with van der Waals surface area (Å²) in [5, 5.41) is 15.7. The van der Waals surface area contributed by atoms with Crippen LogP contribution in [0.4, 0.5) is 0 Å². The maximum absolute atomic E-state index is 13.6. The summed E-state index contributed by atoms with van der Waals surface area (Å²) in [6.45, 7) is 0. The molecule has 2 atom stereocenters. The van der Waals surface area contributed by atoms with Gasteiger partial charge in [-0.15, -0.1) is 0 Å². The monoisotopic (exact) mass is 704 g/mol. The van der Waals surface area contributed by atoms with Crippen molar-refractivity contribution in [1.29, 1.82) is 0 Å². The first kappa shape index (κ1) is 36.5. The van der Waals surface area contributed by atoms with E-state index in [2.05, 4.69) is 51.6 Å². The Hall–Kier alpha value is -6.28. The highest BCUT2D eigenvalue weighted by atomic mass is 16.4. The summed E-state index contributed by atoms with van der Waals surface area (Å²) in [6, 6.07) is 47.9. The fourth-order valence-corrected chi connectivity index (χ4v) is 6.91. The summed E-state index contributed by atoms with van der Waals surface area (Å²) in [5.74, 6) is -1.93. The Labute approximate surface area is 310 Å². The average molecular weight is 705 g/mol. The summed E-state index contributed by atoms with van der Waals surface area (Å²) >= 11 is 0. The molecule has 0 saturated carbocycles. The van der Waals surface area contributed by atoms with E-state index in [0.29, 0.717) is 19.3 Å². The number of hydrogen-bond acceptors (Lipinski definition) is 4. The highest BCUT2D eigenvalue weighted by molar-refractivity contribution is 5.90. The van der Waals surface area contributed by atoms with Crippen molar-refractivity contribution in [3.8, 4) is 0 Å². The molecule has 0 bridgehead atoms. The summed E-state index contributed by atoms with van der Waals surface area (Å²) in [5.41, 5.74) is 5.21. The Morgan fingerprint density at radius 3 is 1.62 bits per heavy atom.